The highest BCUT2D eigenvalue weighted by Crippen LogP contribution is 2.15. The molecule has 2 amide bonds. The smallest absolute Gasteiger partial charge is 0.243 e. The SMILES string of the molecule is CC1C(=O)NC(=O)CN1Cc1cc(F)cc(C(N)=S)c1. The average Bonchev–Trinajstić information content (AvgIpc) is 2.34. The van der Waals surface area contributed by atoms with E-state index in [1.54, 1.807) is 17.9 Å². The van der Waals surface area contributed by atoms with Crippen LogP contribution in [0.2, 0.25) is 0 Å². The molecule has 1 aliphatic rings. The van der Waals surface area contributed by atoms with Crippen LogP contribution in [0.5, 0.6) is 0 Å². The van der Waals surface area contributed by atoms with Crippen molar-refractivity contribution in [1.29, 1.82) is 0 Å². The highest BCUT2D eigenvalue weighted by Gasteiger charge is 2.30. The highest BCUT2D eigenvalue weighted by atomic mass is 32.1. The summed E-state index contributed by atoms with van der Waals surface area (Å²) in [6, 6.07) is 3.80. The Morgan fingerprint density at radius 1 is 1.50 bits per heavy atom. The summed E-state index contributed by atoms with van der Waals surface area (Å²) >= 11 is 4.83. The normalized spacial score (nSPS) is 19.8. The van der Waals surface area contributed by atoms with Gasteiger partial charge >= 0.3 is 0 Å². The summed E-state index contributed by atoms with van der Waals surface area (Å²) in [6.45, 7) is 2.05. The Bertz CT molecular complexity index is 591. The van der Waals surface area contributed by atoms with E-state index in [2.05, 4.69) is 5.32 Å². The number of nitrogens with one attached hydrogen (secondary N) is 1. The predicted octanol–water partition coefficient (Wildman–Crippen LogP) is 0.307. The minimum atomic E-state index is -0.454. The summed E-state index contributed by atoms with van der Waals surface area (Å²) in [5.74, 6) is -1.17. The number of thiocarbonyl (C=S) groups is 1. The van der Waals surface area contributed by atoms with Crippen LogP contribution in [0.3, 0.4) is 0 Å². The Kier molecular flexibility index (Phi) is 4.10. The van der Waals surface area contributed by atoms with E-state index in [0.717, 1.165) is 0 Å². The van der Waals surface area contributed by atoms with Crippen LogP contribution in [0.4, 0.5) is 4.39 Å². The lowest BCUT2D eigenvalue weighted by Gasteiger charge is -2.31. The summed E-state index contributed by atoms with van der Waals surface area (Å²) in [7, 11) is 0. The molecule has 0 spiro atoms. The minimum Gasteiger partial charge on any atom is -0.389 e. The Morgan fingerprint density at radius 3 is 2.85 bits per heavy atom. The van der Waals surface area contributed by atoms with E-state index in [0.29, 0.717) is 11.1 Å². The van der Waals surface area contributed by atoms with Gasteiger partial charge in [-0.25, -0.2) is 4.39 Å². The van der Waals surface area contributed by atoms with Gasteiger partial charge in [0, 0.05) is 12.1 Å². The van der Waals surface area contributed by atoms with Crippen molar-refractivity contribution in [3.05, 3.63) is 35.1 Å². The number of benzene rings is 1. The van der Waals surface area contributed by atoms with Crippen molar-refractivity contribution in [3.8, 4) is 0 Å². The first-order valence-corrected chi connectivity index (χ1v) is 6.44. The molecule has 1 aromatic carbocycles. The summed E-state index contributed by atoms with van der Waals surface area (Å²) in [5.41, 5.74) is 6.53. The zero-order valence-corrected chi connectivity index (χ0v) is 11.7. The summed E-state index contributed by atoms with van der Waals surface area (Å²) < 4.78 is 13.5. The number of piperazine rings is 1. The highest BCUT2D eigenvalue weighted by molar-refractivity contribution is 7.80. The third-order valence-electron chi connectivity index (χ3n) is 3.16. The van der Waals surface area contributed by atoms with Gasteiger partial charge in [0.1, 0.15) is 10.8 Å². The van der Waals surface area contributed by atoms with Crippen molar-refractivity contribution in [2.45, 2.75) is 19.5 Å². The largest absolute Gasteiger partial charge is 0.389 e. The van der Waals surface area contributed by atoms with Gasteiger partial charge in [-0.05, 0) is 30.7 Å². The van der Waals surface area contributed by atoms with Gasteiger partial charge in [0.2, 0.25) is 11.8 Å². The number of hydrogen-bond acceptors (Lipinski definition) is 4. The molecule has 1 aliphatic heterocycles. The van der Waals surface area contributed by atoms with Crippen LogP contribution in [-0.2, 0) is 16.1 Å². The molecule has 1 saturated heterocycles. The molecule has 2 rings (SSSR count). The number of nitrogens with zero attached hydrogens (tertiary/aromatic N) is 1. The van der Waals surface area contributed by atoms with Crippen molar-refractivity contribution in [2.24, 2.45) is 5.73 Å². The van der Waals surface area contributed by atoms with Gasteiger partial charge in [-0.3, -0.25) is 19.8 Å². The van der Waals surface area contributed by atoms with E-state index in [4.69, 9.17) is 18.0 Å². The third kappa shape index (κ3) is 3.17. The molecular formula is C13H14FN3O2S. The Morgan fingerprint density at radius 2 is 2.20 bits per heavy atom. The van der Waals surface area contributed by atoms with Crippen LogP contribution in [0.1, 0.15) is 18.1 Å². The van der Waals surface area contributed by atoms with Crippen molar-refractivity contribution in [2.75, 3.05) is 6.54 Å². The van der Waals surface area contributed by atoms with Gasteiger partial charge in [0.15, 0.2) is 0 Å². The van der Waals surface area contributed by atoms with Crippen LogP contribution < -0.4 is 11.1 Å². The molecule has 7 heteroatoms. The molecule has 0 aliphatic carbocycles. The Hall–Kier alpha value is -1.86. The van der Waals surface area contributed by atoms with Gasteiger partial charge in [-0.2, -0.15) is 0 Å². The second-order valence-corrected chi connectivity index (χ2v) is 5.15. The van der Waals surface area contributed by atoms with Crippen molar-refractivity contribution in [3.63, 3.8) is 0 Å². The third-order valence-corrected chi connectivity index (χ3v) is 3.40. The molecule has 106 valence electrons. The molecule has 0 aromatic heterocycles. The van der Waals surface area contributed by atoms with Crippen molar-refractivity contribution < 1.29 is 14.0 Å². The predicted molar refractivity (Wildman–Crippen MR) is 75.3 cm³/mol. The average molecular weight is 295 g/mol. The number of imide groups is 1. The standard InChI is InChI=1S/C13H14FN3O2S/c1-7-13(19)16-11(18)6-17(7)5-8-2-9(12(15)20)4-10(14)3-8/h2-4,7H,5-6H2,1H3,(H2,15,20)(H,16,18,19). The monoisotopic (exact) mass is 295 g/mol. The number of nitrogens with two attached hydrogens (primary N) is 1. The first kappa shape index (κ1) is 14.5. The first-order valence-electron chi connectivity index (χ1n) is 6.04. The molecular weight excluding hydrogens is 281 g/mol. The summed E-state index contributed by atoms with van der Waals surface area (Å²) in [6.07, 6.45) is 0. The fourth-order valence-corrected chi connectivity index (χ4v) is 2.20. The number of rotatable bonds is 3. The molecule has 5 nitrogen and oxygen atoms in total. The maximum absolute atomic E-state index is 13.5. The van der Waals surface area contributed by atoms with Gasteiger partial charge in [0.05, 0.1) is 12.6 Å². The number of halogens is 1. The lowest BCUT2D eigenvalue weighted by Crippen LogP contribution is -2.56. The van der Waals surface area contributed by atoms with Crippen molar-refractivity contribution in [1.82, 2.24) is 10.2 Å². The van der Waals surface area contributed by atoms with Gasteiger partial charge in [-0.15, -0.1) is 0 Å². The zero-order chi connectivity index (χ0) is 14.9. The second kappa shape index (κ2) is 5.64. The summed E-state index contributed by atoms with van der Waals surface area (Å²) in [4.78, 5) is 24.7. The van der Waals surface area contributed by atoms with Crippen LogP contribution >= 0.6 is 12.2 Å². The molecule has 1 atom stereocenters. The van der Waals surface area contributed by atoms with Gasteiger partial charge in [-0.1, -0.05) is 12.2 Å². The molecule has 1 heterocycles. The number of carbonyl (C=O) groups excluding carboxylic acids is 2. The molecule has 0 bridgehead atoms. The Balaban J connectivity index is 2.22. The van der Waals surface area contributed by atoms with Crippen LogP contribution in [-0.4, -0.2) is 34.3 Å². The quantitative estimate of drug-likeness (QED) is 0.620. The minimum absolute atomic E-state index is 0.0891. The van der Waals surface area contributed by atoms with E-state index < -0.39 is 11.9 Å². The van der Waals surface area contributed by atoms with Crippen LogP contribution in [0, 0.1) is 5.82 Å². The number of carbonyl (C=O) groups is 2. The molecule has 0 radical (unpaired) electrons. The first-order chi connectivity index (χ1) is 9.36. The molecule has 0 saturated carbocycles. The van der Waals surface area contributed by atoms with Gasteiger partial charge < -0.3 is 5.73 Å². The maximum Gasteiger partial charge on any atom is 0.243 e. The maximum atomic E-state index is 13.5. The summed E-state index contributed by atoms with van der Waals surface area (Å²) in [5, 5.41) is 2.25. The van der Waals surface area contributed by atoms with E-state index in [1.165, 1.54) is 12.1 Å². The molecule has 3 N–H and O–H groups in total. The Labute approximate surface area is 120 Å². The molecule has 1 aromatic rings. The topological polar surface area (TPSA) is 75.4 Å². The molecule has 1 fully saturated rings. The van der Waals surface area contributed by atoms with E-state index in [-0.39, 0.29) is 29.9 Å². The van der Waals surface area contributed by atoms with Gasteiger partial charge in [0.25, 0.3) is 0 Å². The lowest BCUT2D eigenvalue weighted by atomic mass is 10.1. The number of amides is 2. The lowest BCUT2D eigenvalue weighted by molar-refractivity contribution is -0.139. The second-order valence-electron chi connectivity index (χ2n) is 4.71. The fraction of sp³-hybridized carbons (Fsp3) is 0.308. The zero-order valence-electron chi connectivity index (χ0n) is 10.9. The van der Waals surface area contributed by atoms with Crippen molar-refractivity contribution >= 4 is 29.0 Å². The van der Waals surface area contributed by atoms with E-state index >= 15 is 0 Å². The fourth-order valence-electron chi connectivity index (χ4n) is 2.08. The van der Waals surface area contributed by atoms with E-state index in [1.807, 2.05) is 0 Å². The van der Waals surface area contributed by atoms with E-state index in [9.17, 15) is 14.0 Å². The van der Waals surface area contributed by atoms with Crippen LogP contribution in [0.25, 0.3) is 0 Å². The molecule has 1 unspecified atom stereocenters. The van der Waals surface area contributed by atoms with Crippen LogP contribution in [0.15, 0.2) is 18.2 Å². The molecule has 20 heavy (non-hydrogen) atoms. The number of hydrogen-bond donors (Lipinski definition) is 2.